The number of carbonyl (C=O) groups excluding carboxylic acids is 1. The smallest absolute Gasteiger partial charge is 0.269 e. The molecule has 2 heterocycles. The van der Waals surface area contributed by atoms with Gasteiger partial charge in [-0.05, 0) is 18.6 Å². The van der Waals surface area contributed by atoms with Crippen molar-refractivity contribution in [3.05, 3.63) is 24.0 Å². The number of anilines is 1. The van der Waals surface area contributed by atoms with Crippen molar-refractivity contribution in [1.29, 1.82) is 0 Å². The number of rotatable bonds is 2. The van der Waals surface area contributed by atoms with Gasteiger partial charge in [0.2, 0.25) is 5.91 Å². The van der Waals surface area contributed by atoms with Crippen molar-refractivity contribution in [2.75, 3.05) is 18.4 Å². The molecule has 2 unspecified atom stereocenters. The number of amides is 1. The topological polar surface area (TPSA) is 54.0 Å². The van der Waals surface area contributed by atoms with Crippen molar-refractivity contribution >= 4 is 11.6 Å². The lowest BCUT2D eigenvalue weighted by Gasteiger charge is -2.15. The Morgan fingerprint density at radius 3 is 3.00 bits per heavy atom. The number of alkyl halides is 2. The van der Waals surface area contributed by atoms with Crippen LogP contribution in [0.15, 0.2) is 18.5 Å². The Hall–Kier alpha value is -1.56. The number of hydrogen-bond acceptors (Lipinski definition) is 3. The summed E-state index contributed by atoms with van der Waals surface area (Å²) in [5, 5.41) is 5.41. The maximum absolute atomic E-state index is 13.6. The highest BCUT2D eigenvalue weighted by Crippen LogP contribution is 2.68. The van der Waals surface area contributed by atoms with Gasteiger partial charge in [0.15, 0.2) is 0 Å². The number of hydrogen-bond donors (Lipinski definition) is 2. The molecule has 0 aromatic carbocycles. The van der Waals surface area contributed by atoms with Gasteiger partial charge in [0, 0.05) is 19.3 Å². The Labute approximate surface area is 103 Å². The number of aromatic nitrogens is 1. The molecule has 2 atom stereocenters. The molecule has 0 spiro atoms. The zero-order valence-electron chi connectivity index (χ0n) is 9.84. The van der Waals surface area contributed by atoms with E-state index in [0.717, 1.165) is 5.56 Å². The minimum absolute atomic E-state index is 0.0375. The van der Waals surface area contributed by atoms with E-state index in [0.29, 0.717) is 5.69 Å². The average molecular weight is 253 g/mol. The Bertz CT molecular complexity index is 520. The van der Waals surface area contributed by atoms with Crippen LogP contribution in [0.5, 0.6) is 0 Å². The molecule has 1 aliphatic carbocycles. The molecule has 4 nitrogen and oxygen atoms in total. The molecule has 96 valence electrons. The van der Waals surface area contributed by atoms with Crippen molar-refractivity contribution < 1.29 is 13.6 Å². The first-order chi connectivity index (χ1) is 8.50. The molecule has 1 amide bonds. The number of nitrogens with zero attached hydrogens (tertiary/aromatic N) is 1. The molecule has 1 aliphatic heterocycles. The standard InChI is InChI=1S/C12H13F2N3O/c1-7-2-3-15-4-8(7)17-10(18)11-6-16-5-9(11)12(11,13)14/h2-4,9,16H,5-6H2,1H3,(H,17,18). The number of nitrogens with one attached hydrogen (secondary N) is 2. The molecule has 18 heavy (non-hydrogen) atoms. The van der Waals surface area contributed by atoms with Crippen LogP contribution in [0.4, 0.5) is 14.5 Å². The summed E-state index contributed by atoms with van der Waals surface area (Å²) in [5.74, 6) is -4.38. The fraction of sp³-hybridized carbons (Fsp3) is 0.500. The lowest BCUT2D eigenvalue weighted by atomic mass is 10.0. The van der Waals surface area contributed by atoms with E-state index in [1.54, 1.807) is 19.2 Å². The van der Waals surface area contributed by atoms with E-state index >= 15 is 0 Å². The number of piperidine rings is 1. The summed E-state index contributed by atoms with van der Waals surface area (Å²) in [4.78, 5) is 16.0. The van der Waals surface area contributed by atoms with E-state index in [-0.39, 0.29) is 13.1 Å². The molecule has 0 radical (unpaired) electrons. The van der Waals surface area contributed by atoms with Crippen molar-refractivity contribution in [3.63, 3.8) is 0 Å². The molecule has 1 saturated heterocycles. The minimum atomic E-state index is -2.89. The van der Waals surface area contributed by atoms with Crippen molar-refractivity contribution in [1.82, 2.24) is 10.3 Å². The predicted octanol–water partition coefficient (Wildman–Crippen LogP) is 1.18. The summed E-state index contributed by atoms with van der Waals surface area (Å²) in [6.07, 6.45) is 3.07. The first-order valence-corrected chi connectivity index (χ1v) is 5.81. The summed E-state index contributed by atoms with van der Waals surface area (Å²) in [7, 11) is 0. The molecular weight excluding hydrogens is 240 g/mol. The van der Waals surface area contributed by atoms with Gasteiger partial charge < -0.3 is 10.6 Å². The predicted molar refractivity (Wildman–Crippen MR) is 61.3 cm³/mol. The maximum Gasteiger partial charge on any atom is 0.269 e. The number of aryl methyl sites for hydroxylation is 1. The maximum atomic E-state index is 13.6. The van der Waals surface area contributed by atoms with E-state index < -0.39 is 23.2 Å². The van der Waals surface area contributed by atoms with Gasteiger partial charge in [-0.1, -0.05) is 0 Å². The second-order valence-electron chi connectivity index (χ2n) is 4.92. The average Bonchev–Trinajstić information content (AvgIpc) is 2.68. The highest BCUT2D eigenvalue weighted by Gasteiger charge is 2.86. The van der Waals surface area contributed by atoms with Crippen LogP contribution in [0.1, 0.15) is 5.56 Å². The van der Waals surface area contributed by atoms with Crippen LogP contribution in [0.3, 0.4) is 0 Å². The van der Waals surface area contributed by atoms with E-state index in [9.17, 15) is 13.6 Å². The Balaban J connectivity index is 1.83. The van der Waals surface area contributed by atoms with Crippen LogP contribution in [-0.2, 0) is 4.79 Å². The van der Waals surface area contributed by atoms with E-state index in [4.69, 9.17) is 0 Å². The largest absolute Gasteiger partial charge is 0.324 e. The summed E-state index contributed by atoms with van der Waals surface area (Å²) >= 11 is 0. The number of pyridine rings is 1. The quantitative estimate of drug-likeness (QED) is 0.832. The number of carbonyl (C=O) groups is 1. The molecule has 2 N–H and O–H groups in total. The molecule has 6 heteroatoms. The molecule has 0 bridgehead atoms. The third-order valence-corrected chi connectivity index (χ3v) is 3.99. The van der Waals surface area contributed by atoms with Gasteiger partial charge in [-0.15, -0.1) is 0 Å². The van der Waals surface area contributed by atoms with Crippen LogP contribution in [0, 0.1) is 18.3 Å². The number of halogens is 2. The zero-order valence-corrected chi connectivity index (χ0v) is 9.84. The molecular formula is C12H13F2N3O. The Morgan fingerprint density at radius 2 is 2.39 bits per heavy atom. The molecule has 1 aromatic heterocycles. The molecule has 2 fully saturated rings. The van der Waals surface area contributed by atoms with Crippen molar-refractivity contribution in [2.24, 2.45) is 11.3 Å². The first kappa shape index (κ1) is 11.5. The second kappa shape index (κ2) is 3.47. The molecule has 2 aliphatic rings. The van der Waals surface area contributed by atoms with Crippen LogP contribution in [-0.4, -0.2) is 29.9 Å². The van der Waals surface area contributed by atoms with Crippen LogP contribution >= 0.6 is 0 Å². The van der Waals surface area contributed by atoms with E-state index in [2.05, 4.69) is 15.6 Å². The third kappa shape index (κ3) is 1.26. The van der Waals surface area contributed by atoms with Gasteiger partial charge in [0.25, 0.3) is 5.92 Å². The van der Waals surface area contributed by atoms with Crippen LogP contribution in [0.2, 0.25) is 0 Å². The van der Waals surface area contributed by atoms with Crippen molar-refractivity contribution in [3.8, 4) is 0 Å². The summed E-state index contributed by atoms with van der Waals surface area (Å²) < 4.78 is 27.3. The second-order valence-corrected chi connectivity index (χ2v) is 4.92. The summed E-state index contributed by atoms with van der Waals surface area (Å²) in [6, 6.07) is 1.72. The van der Waals surface area contributed by atoms with Crippen molar-refractivity contribution in [2.45, 2.75) is 12.8 Å². The van der Waals surface area contributed by atoms with Gasteiger partial charge in [-0.25, -0.2) is 8.78 Å². The lowest BCUT2D eigenvalue weighted by molar-refractivity contribution is -0.124. The van der Waals surface area contributed by atoms with Gasteiger partial charge in [-0.2, -0.15) is 0 Å². The highest BCUT2D eigenvalue weighted by atomic mass is 19.3. The lowest BCUT2D eigenvalue weighted by Crippen LogP contribution is -2.36. The van der Waals surface area contributed by atoms with E-state index in [1.807, 2.05) is 0 Å². The summed E-state index contributed by atoms with van der Waals surface area (Å²) in [6.45, 7) is 2.03. The zero-order chi connectivity index (χ0) is 13.0. The third-order valence-electron chi connectivity index (χ3n) is 3.99. The SMILES string of the molecule is Cc1ccncc1NC(=O)C12CNCC1C2(F)F. The van der Waals surface area contributed by atoms with Crippen LogP contribution in [0.25, 0.3) is 0 Å². The molecule has 1 aromatic rings. The Morgan fingerprint density at radius 1 is 1.61 bits per heavy atom. The fourth-order valence-electron chi connectivity index (χ4n) is 2.71. The molecule has 1 saturated carbocycles. The first-order valence-electron chi connectivity index (χ1n) is 5.81. The highest BCUT2D eigenvalue weighted by molar-refractivity contribution is 6.00. The summed E-state index contributed by atoms with van der Waals surface area (Å²) in [5.41, 5.74) is -0.263. The van der Waals surface area contributed by atoms with E-state index in [1.165, 1.54) is 6.20 Å². The Kier molecular flexibility index (Phi) is 2.22. The fourth-order valence-corrected chi connectivity index (χ4v) is 2.71. The minimum Gasteiger partial charge on any atom is -0.324 e. The van der Waals surface area contributed by atoms with Gasteiger partial charge >= 0.3 is 0 Å². The molecule has 3 rings (SSSR count). The van der Waals surface area contributed by atoms with Gasteiger partial charge in [-0.3, -0.25) is 9.78 Å². The van der Waals surface area contributed by atoms with Gasteiger partial charge in [0.1, 0.15) is 5.41 Å². The monoisotopic (exact) mass is 253 g/mol. The number of fused-ring (bicyclic) bond motifs is 1. The van der Waals surface area contributed by atoms with Crippen LogP contribution < -0.4 is 10.6 Å². The van der Waals surface area contributed by atoms with Gasteiger partial charge in [0.05, 0.1) is 17.8 Å². The normalized spacial score (nSPS) is 31.8.